The van der Waals surface area contributed by atoms with Crippen molar-refractivity contribution in [1.29, 1.82) is 0 Å². The number of hydrogen-bond donors (Lipinski definition) is 0. The van der Waals surface area contributed by atoms with Crippen LogP contribution in [0.4, 0.5) is 0 Å². The molecule has 0 aliphatic heterocycles. The Hall–Kier alpha value is -0.0826. The minimum atomic E-state index is 0. The van der Waals surface area contributed by atoms with E-state index in [0.717, 1.165) is 26.7 Å². The van der Waals surface area contributed by atoms with Crippen LogP contribution in [-0.2, 0) is 0 Å². The number of hydrogen-bond acceptors (Lipinski definition) is 1. The first-order valence-electron chi connectivity index (χ1n) is 8.24. The number of carbonyl (C=O) groups is 1. The molecule has 23 heavy (non-hydrogen) atoms. The van der Waals surface area contributed by atoms with E-state index in [-0.39, 0.29) is 18.9 Å². The van der Waals surface area contributed by atoms with Crippen LogP contribution in [0.5, 0.6) is 0 Å². The standard InChI is InChI=1S/C20H32OP.Li/c1-12(10-20(7,8)9)11-22-19(21)18-16(5)14(3)13(2)15(4)17(18)6;/h12H,10-11H2,1-9H3;/q-1;+1. The fourth-order valence-corrected chi connectivity index (χ4v) is 4.35. The minimum Gasteiger partial charge on any atom is -0.459 e. The van der Waals surface area contributed by atoms with Crippen LogP contribution < -0.4 is 18.9 Å². The molecule has 0 saturated carbocycles. The van der Waals surface area contributed by atoms with E-state index in [1.54, 1.807) is 0 Å². The Bertz CT molecular complexity index is 541. The fourth-order valence-electron chi connectivity index (χ4n) is 3.25. The monoisotopic (exact) mass is 326 g/mol. The molecule has 1 nitrogen and oxygen atoms in total. The second kappa shape index (κ2) is 8.85. The van der Waals surface area contributed by atoms with Crippen LogP contribution in [0.2, 0.25) is 0 Å². The van der Waals surface area contributed by atoms with Crippen LogP contribution in [0, 0.1) is 46.0 Å². The molecule has 1 aromatic rings. The molecule has 3 heteroatoms. The quantitative estimate of drug-likeness (QED) is 0.599. The maximum absolute atomic E-state index is 12.8. The molecule has 0 fully saturated rings. The van der Waals surface area contributed by atoms with Crippen molar-refractivity contribution < 1.29 is 23.7 Å². The second-order valence-electron chi connectivity index (χ2n) is 8.02. The van der Waals surface area contributed by atoms with E-state index in [1.807, 2.05) is 0 Å². The van der Waals surface area contributed by atoms with Gasteiger partial charge in [0.25, 0.3) is 0 Å². The van der Waals surface area contributed by atoms with Crippen molar-refractivity contribution in [3.63, 3.8) is 0 Å². The van der Waals surface area contributed by atoms with Crippen LogP contribution in [-0.4, -0.2) is 11.7 Å². The molecule has 0 heterocycles. The van der Waals surface area contributed by atoms with Gasteiger partial charge < -0.3 is 13.4 Å². The molecule has 0 spiro atoms. The van der Waals surface area contributed by atoms with Crippen LogP contribution in [0.15, 0.2) is 0 Å². The fraction of sp³-hybridized carbons (Fsp3) is 0.650. The molecule has 0 amide bonds. The molecule has 0 aliphatic rings. The molecule has 124 valence electrons. The predicted octanol–water partition coefficient (Wildman–Crippen LogP) is 3.39. The van der Waals surface area contributed by atoms with Gasteiger partial charge in [-0.2, -0.15) is 6.16 Å². The van der Waals surface area contributed by atoms with Gasteiger partial charge >= 0.3 is 18.9 Å². The number of carbonyl (C=O) groups excluding carboxylic acids is 1. The molecule has 0 N–H and O–H groups in total. The summed E-state index contributed by atoms with van der Waals surface area (Å²) in [5, 5.41) is 0. The summed E-state index contributed by atoms with van der Waals surface area (Å²) >= 11 is 0. The first-order valence-corrected chi connectivity index (χ1v) is 9.32. The summed E-state index contributed by atoms with van der Waals surface area (Å²) in [4.78, 5) is 12.8. The van der Waals surface area contributed by atoms with Gasteiger partial charge in [-0.3, -0.25) is 0 Å². The zero-order chi connectivity index (χ0) is 17.2. The van der Waals surface area contributed by atoms with Gasteiger partial charge in [0.05, 0.1) is 0 Å². The number of benzene rings is 1. The minimum absolute atomic E-state index is 0. The van der Waals surface area contributed by atoms with E-state index in [0.29, 0.717) is 16.9 Å². The van der Waals surface area contributed by atoms with Gasteiger partial charge in [0.1, 0.15) is 0 Å². The van der Waals surface area contributed by atoms with Gasteiger partial charge in [-0.1, -0.05) is 33.6 Å². The summed E-state index contributed by atoms with van der Waals surface area (Å²) in [6.07, 6.45) is 2.12. The van der Waals surface area contributed by atoms with Gasteiger partial charge in [-0.15, -0.1) is 0 Å². The second-order valence-corrected chi connectivity index (χ2v) is 9.10. The van der Waals surface area contributed by atoms with Gasteiger partial charge in [0, 0.05) is 5.52 Å². The Morgan fingerprint density at radius 3 is 1.70 bits per heavy atom. The largest absolute Gasteiger partial charge is 1.00 e. The van der Waals surface area contributed by atoms with Crippen molar-refractivity contribution in [3.8, 4) is 0 Å². The molecular formula is C20H32LiOP. The SMILES string of the molecule is Cc1c(C)c(C)c(C(=O)[P-]CC(C)CC(C)(C)C)c(C)c1C.[Li+]. The zero-order valence-electron chi connectivity index (χ0n) is 16.8. The van der Waals surface area contributed by atoms with Crippen molar-refractivity contribution in [2.45, 2.75) is 68.7 Å². The van der Waals surface area contributed by atoms with Gasteiger partial charge in [0.2, 0.25) is 0 Å². The summed E-state index contributed by atoms with van der Waals surface area (Å²) in [6, 6.07) is 0. The predicted molar refractivity (Wildman–Crippen MR) is 99.5 cm³/mol. The maximum Gasteiger partial charge on any atom is 1.00 e. The molecule has 1 unspecified atom stereocenters. The van der Waals surface area contributed by atoms with Crippen molar-refractivity contribution in [3.05, 3.63) is 33.4 Å². The third-order valence-electron chi connectivity index (χ3n) is 4.72. The molecule has 1 aromatic carbocycles. The Balaban J connectivity index is 0.00000484. The topological polar surface area (TPSA) is 17.1 Å². The van der Waals surface area contributed by atoms with E-state index in [9.17, 15) is 4.79 Å². The third kappa shape index (κ3) is 6.05. The van der Waals surface area contributed by atoms with E-state index in [2.05, 4.69) is 62.3 Å². The Kier molecular flexibility index (Phi) is 8.82. The van der Waals surface area contributed by atoms with Crippen molar-refractivity contribution in [2.75, 3.05) is 6.16 Å². The summed E-state index contributed by atoms with van der Waals surface area (Å²) in [6.45, 7) is 19.7. The first-order chi connectivity index (χ1) is 9.95. The maximum atomic E-state index is 12.8. The van der Waals surface area contributed by atoms with Crippen LogP contribution >= 0.6 is 8.58 Å². The molecular weight excluding hydrogens is 294 g/mol. The number of rotatable bonds is 5. The molecule has 1 rings (SSSR count). The summed E-state index contributed by atoms with van der Waals surface area (Å²) < 4.78 is 0. The Morgan fingerprint density at radius 1 is 0.913 bits per heavy atom. The zero-order valence-corrected chi connectivity index (χ0v) is 17.7. The Labute approximate surface area is 157 Å². The van der Waals surface area contributed by atoms with Crippen LogP contribution in [0.1, 0.15) is 72.3 Å². The average molecular weight is 326 g/mol. The normalized spacial score (nSPS) is 13.3. The molecule has 0 bridgehead atoms. The van der Waals surface area contributed by atoms with Crippen LogP contribution in [0.25, 0.3) is 0 Å². The molecule has 0 saturated heterocycles. The molecule has 0 aliphatic carbocycles. The van der Waals surface area contributed by atoms with E-state index < -0.39 is 0 Å². The van der Waals surface area contributed by atoms with Crippen molar-refractivity contribution in [1.82, 2.24) is 0 Å². The molecule has 0 aromatic heterocycles. The third-order valence-corrected chi connectivity index (χ3v) is 6.04. The summed E-state index contributed by atoms with van der Waals surface area (Å²) in [5.41, 5.74) is 7.79. The van der Waals surface area contributed by atoms with Gasteiger partial charge in [0.15, 0.2) is 0 Å². The smallest absolute Gasteiger partial charge is 0.459 e. The van der Waals surface area contributed by atoms with Crippen molar-refractivity contribution in [2.24, 2.45) is 11.3 Å². The van der Waals surface area contributed by atoms with E-state index >= 15 is 0 Å². The van der Waals surface area contributed by atoms with Gasteiger partial charge in [-0.05, 0) is 79.8 Å². The van der Waals surface area contributed by atoms with Crippen LogP contribution in [0.3, 0.4) is 0 Å². The Morgan fingerprint density at radius 2 is 1.30 bits per heavy atom. The van der Waals surface area contributed by atoms with E-state index in [4.69, 9.17) is 0 Å². The average Bonchev–Trinajstić information content (AvgIpc) is 2.39. The molecule has 1 atom stereocenters. The van der Waals surface area contributed by atoms with E-state index in [1.165, 1.54) is 27.8 Å². The van der Waals surface area contributed by atoms with Crippen molar-refractivity contribution >= 4 is 14.1 Å². The first kappa shape index (κ1) is 22.9. The molecule has 0 radical (unpaired) electrons. The summed E-state index contributed by atoms with van der Waals surface area (Å²) in [5.74, 6) is 0.582. The van der Waals surface area contributed by atoms with Gasteiger partial charge in [-0.25, -0.2) is 0 Å². The summed E-state index contributed by atoms with van der Waals surface area (Å²) in [7, 11) is 0.942.